The molecule has 3 nitrogen and oxygen atoms in total. The van der Waals surface area contributed by atoms with E-state index in [1.54, 1.807) is 12.1 Å². The van der Waals surface area contributed by atoms with Crippen molar-refractivity contribution in [2.45, 2.75) is 12.8 Å². The number of aryl methyl sites for hydroxylation is 1. The van der Waals surface area contributed by atoms with Crippen molar-refractivity contribution < 1.29 is 14.6 Å². The molecule has 0 radical (unpaired) electrons. The van der Waals surface area contributed by atoms with Crippen molar-refractivity contribution in [2.24, 2.45) is 0 Å². The summed E-state index contributed by atoms with van der Waals surface area (Å²) in [7, 11) is 1.49. The molecule has 0 heterocycles. The van der Waals surface area contributed by atoms with Crippen LogP contribution in [0.1, 0.15) is 12.0 Å². The fraction of sp³-hybridized carbons (Fsp3) is 0.300. The molecule has 0 fully saturated rings. The van der Waals surface area contributed by atoms with Crippen molar-refractivity contribution in [1.29, 1.82) is 0 Å². The number of carbonyl (C=O) groups excluding carboxylic acids is 1. The Balaban J connectivity index is 2.98. The van der Waals surface area contributed by atoms with Crippen LogP contribution in [0, 0.1) is 0 Å². The van der Waals surface area contributed by atoms with Crippen molar-refractivity contribution in [1.82, 2.24) is 0 Å². The molecule has 4 heteroatoms. The van der Waals surface area contributed by atoms with Gasteiger partial charge in [-0.3, -0.25) is 0 Å². The van der Waals surface area contributed by atoms with E-state index in [1.807, 2.05) is 0 Å². The maximum atomic E-state index is 10.2. The number of carbonyl (C=O) groups is 1. The van der Waals surface area contributed by atoms with Crippen LogP contribution in [-0.4, -0.2) is 18.5 Å². The quantitative estimate of drug-likeness (QED) is 0.844. The van der Waals surface area contributed by atoms with Gasteiger partial charge in [0.2, 0.25) is 0 Å². The molecule has 0 aliphatic heterocycles. The lowest BCUT2D eigenvalue weighted by atomic mass is 10.1. The zero-order valence-electron chi connectivity index (χ0n) is 7.79. The van der Waals surface area contributed by atoms with E-state index in [-0.39, 0.29) is 5.75 Å². The zero-order chi connectivity index (χ0) is 10.6. The molecule has 0 aliphatic rings. The molecule has 0 atom stereocenters. The van der Waals surface area contributed by atoms with Gasteiger partial charge in [-0.05, 0) is 24.1 Å². The largest absolute Gasteiger partial charge is 0.504 e. The van der Waals surface area contributed by atoms with Crippen LogP contribution in [-0.2, 0) is 11.2 Å². The topological polar surface area (TPSA) is 46.5 Å². The lowest BCUT2D eigenvalue weighted by Crippen LogP contribution is -1.91. The molecule has 0 bridgehead atoms. The van der Waals surface area contributed by atoms with Gasteiger partial charge in [-0.25, -0.2) is 0 Å². The third-order valence-electron chi connectivity index (χ3n) is 1.88. The Hall–Kier alpha value is -1.03. The number of benzene rings is 1. The third kappa shape index (κ3) is 2.48. The molecule has 1 rings (SSSR count). The smallest absolute Gasteiger partial charge is 0.160 e. The van der Waals surface area contributed by atoms with Gasteiger partial charge in [-0.1, -0.05) is 15.9 Å². The molecule has 1 aromatic carbocycles. The van der Waals surface area contributed by atoms with Crippen LogP contribution in [0.5, 0.6) is 11.5 Å². The summed E-state index contributed by atoms with van der Waals surface area (Å²) >= 11 is 3.31. The van der Waals surface area contributed by atoms with E-state index in [1.165, 1.54) is 7.11 Å². The zero-order valence-corrected chi connectivity index (χ0v) is 9.37. The van der Waals surface area contributed by atoms with Crippen molar-refractivity contribution in [2.75, 3.05) is 7.11 Å². The first kappa shape index (κ1) is 11.0. The first-order chi connectivity index (χ1) is 6.69. The van der Waals surface area contributed by atoms with Crippen molar-refractivity contribution >= 4 is 22.2 Å². The second kappa shape index (κ2) is 5.00. The van der Waals surface area contributed by atoms with Gasteiger partial charge < -0.3 is 14.6 Å². The molecule has 1 N–H and O–H groups in total. The highest BCUT2D eigenvalue weighted by atomic mass is 79.9. The van der Waals surface area contributed by atoms with Crippen LogP contribution in [0.25, 0.3) is 0 Å². The fourth-order valence-electron chi connectivity index (χ4n) is 1.15. The van der Waals surface area contributed by atoms with Crippen molar-refractivity contribution in [3.8, 4) is 11.5 Å². The van der Waals surface area contributed by atoms with E-state index >= 15 is 0 Å². The minimum Gasteiger partial charge on any atom is -0.504 e. The molecular weight excluding hydrogens is 248 g/mol. The van der Waals surface area contributed by atoms with Gasteiger partial charge in [0.25, 0.3) is 0 Å². The highest BCUT2D eigenvalue weighted by Gasteiger charge is 2.07. The van der Waals surface area contributed by atoms with Crippen LogP contribution in [0.4, 0.5) is 0 Å². The summed E-state index contributed by atoms with van der Waals surface area (Å²) in [6, 6.07) is 3.29. The van der Waals surface area contributed by atoms with Crippen LogP contribution in [0.2, 0.25) is 0 Å². The molecule has 0 saturated heterocycles. The summed E-state index contributed by atoms with van der Waals surface area (Å²) in [6.45, 7) is 0. The minimum absolute atomic E-state index is 0.0919. The molecule has 0 aliphatic carbocycles. The Morgan fingerprint density at radius 1 is 1.57 bits per heavy atom. The SMILES string of the molecule is COc1cc(CCC=O)c(Br)cc1O. The Kier molecular flexibility index (Phi) is 3.95. The fourth-order valence-corrected chi connectivity index (χ4v) is 1.68. The molecule has 0 saturated carbocycles. The van der Waals surface area contributed by atoms with Crippen LogP contribution in [0.15, 0.2) is 16.6 Å². The number of halogens is 1. The van der Waals surface area contributed by atoms with Crippen molar-refractivity contribution in [3.05, 3.63) is 22.2 Å². The summed E-state index contributed by atoms with van der Waals surface area (Å²) < 4.78 is 5.75. The third-order valence-corrected chi connectivity index (χ3v) is 2.62. The van der Waals surface area contributed by atoms with E-state index in [9.17, 15) is 9.90 Å². The van der Waals surface area contributed by atoms with Crippen LogP contribution < -0.4 is 4.74 Å². The molecule has 0 aromatic heterocycles. The lowest BCUT2D eigenvalue weighted by Gasteiger charge is -2.07. The highest BCUT2D eigenvalue weighted by molar-refractivity contribution is 9.10. The Morgan fingerprint density at radius 2 is 2.29 bits per heavy atom. The average molecular weight is 259 g/mol. The minimum atomic E-state index is 0.0919. The normalized spacial score (nSPS) is 9.86. The maximum absolute atomic E-state index is 10.2. The Bertz CT molecular complexity index is 336. The molecule has 14 heavy (non-hydrogen) atoms. The molecule has 1 aromatic rings. The lowest BCUT2D eigenvalue weighted by molar-refractivity contribution is -0.107. The Labute approximate surface area is 90.8 Å². The number of rotatable bonds is 4. The van der Waals surface area contributed by atoms with Gasteiger partial charge in [0.05, 0.1) is 7.11 Å². The van der Waals surface area contributed by atoms with E-state index in [2.05, 4.69) is 15.9 Å². The van der Waals surface area contributed by atoms with Gasteiger partial charge in [0, 0.05) is 10.9 Å². The summed E-state index contributed by atoms with van der Waals surface area (Å²) in [5.74, 6) is 0.517. The first-order valence-electron chi connectivity index (χ1n) is 4.18. The number of phenolic OH excluding ortho intramolecular Hbond substituents is 1. The predicted octanol–water partition coefficient (Wildman–Crippen LogP) is 2.29. The number of hydrogen-bond donors (Lipinski definition) is 1. The van der Waals surface area contributed by atoms with Gasteiger partial charge in [0.1, 0.15) is 6.29 Å². The molecule has 0 spiro atoms. The summed E-state index contributed by atoms with van der Waals surface area (Å²) in [4.78, 5) is 10.2. The number of aromatic hydroxyl groups is 1. The second-order valence-electron chi connectivity index (χ2n) is 2.82. The molecule has 0 unspecified atom stereocenters. The average Bonchev–Trinajstić information content (AvgIpc) is 2.17. The number of ether oxygens (including phenoxy) is 1. The van der Waals surface area contributed by atoms with Gasteiger partial charge in [-0.15, -0.1) is 0 Å². The number of hydrogen-bond acceptors (Lipinski definition) is 3. The van der Waals surface area contributed by atoms with Crippen LogP contribution in [0.3, 0.4) is 0 Å². The summed E-state index contributed by atoms with van der Waals surface area (Å²) in [5.41, 5.74) is 0.951. The number of methoxy groups -OCH3 is 1. The van der Waals surface area contributed by atoms with Gasteiger partial charge >= 0.3 is 0 Å². The monoisotopic (exact) mass is 258 g/mol. The van der Waals surface area contributed by atoms with Gasteiger partial charge in [-0.2, -0.15) is 0 Å². The number of aldehydes is 1. The predicted molar refractivity (Wildman–Crippen MR) is 56.7 cm³/mol. The van der Waals surface area contributed by atoms with Crippen LogP contribution >= 0.6 is 15.9 Å². The molecule has 76 valence electrons. The summed E-state index contributed by atoms with van der Waals surface area (Å²) in [6.07, 6.45) is 1.97. The highest BCUT2D eigenvalue weighted by Crippen LogP contribution is 2.32. The summed E-state index contributed by atoms with van der Waals surface area (Å²) in [5, 5.41) is 9.42. The van der Waals surface area contributed by atoms with E-state index in [0.717, 1.165) is 16.3 Å². The maximum Gasteiger partial charge on any atom is 0.160 e. The number of phenols is 1. The van der Waals surface area contributed by atoms with Gasteiger partial charge in [0.15, 0.2) is 11.5 Å². The second-order valence-corrected chi connectivity index (χ2v) is 3.68. The Morgan fingerprint density at radius 3 is 2.86 bits per heavy atom. The van der Waals surface area contributed by atoms with E-state index in [0.29, 0.717) is 18.6 Å². The van der Waals surface area contributed by atoms with E-state index in [4.69, 9.17) is 4.74 Å². The molecule has 0 amide bonds. The first-order valence-corrected chi connectivity index (χ1v) is 4.97. The van der Waals surface area contributed by atoms with E-state index < -0.39 is 0 Å². The standard InChI is InChI=1S/C10H11BrO3/c1-14-10-5-7(3-2-4-12)8(11)6-9(10)13/h4-6,13H,2-3H2,1H3. The van der Waals surface area contributed by atoms with Crippen molar-refractivity contribution in [3.63, 3.8) is 0 Å². The molecular formula is C10H11BrO3.